The van der Waals surface area contributed by atoms with Gasteiger partial charge in [0.25, 0.3) is 0 Å². The molecular weight excluding hydrogens is 849 g/mol. The van der Waals surface area contributed by atoms with Gasteiger partial charge in [0.15, 0.2) is 0 Å². The molecule has 1 saturated carbocycles. The van der Waals surface area contributed by atoms with Crippen LogP contribution in [0.5, 0.6) is 34.5 Å². The molecule has 0 radical (unpaired) electrons. The molecule has 1 fully saturated rings. The molecule has 2 N–H and O–H groups in total. The topological polar surface area (TPSA) is 58.9 Å². The van der Waals surface area contributed by atoms with Crippen LogP contribution in [0.15, 0.2) is 146 Å². The van der Waals surface area contributed by atoms with Gasteiger partial charge in [-0.05, 0) is 0 Å². The number of phenolic OH excluding ortho intramolecular Hbond substituents is 2. The fourth-order valence-electron chi connectivity index (χ4n) is 7.70. The molecular formula is C56H66O4S2Ti-2. The van der Waals surface area contributed by atoms with Gasteiger partial charge in [-0.25, -0.2) is 0 Å². The van der Waals surface area contributed by atoms with Crippen LogP contribution in [0, 0.1) is 13.8 Å². The second-order valence-corrected chi connectivity index (χ2v) is 30.0. The molecule has 63 heavy (non-hydrogen) atoms. The zero-order valence-electron chi connectivity index (χ0n) is 38.1. The average Bonchev–Trinajstić information content (AvgIpc) is 3.54. The van der Waals surface area contributed by atoms with Crippen LogP contribution in [-0.4, -0.2) is 20.7 Å². The van der Waals surface area contributed by atoms with Gasteiger partial charge < -0.3 is 0 Å². The van der Waals surface area contributed by atoms with Gasteiger partial charge in [-0.3, -0.25) is 0 Å². The Morgan fingerprint density at radius 2 is 0.841 bits per heavy atom. The van der Waals surface area contributed by atoms with Crippen molar-refractivity contribution in [2.75, 3.05) is 0 Å². The standard InChI is InChI=1S/C42H52O4S2.2C7H7.Ti/c1-41(2,3)31-23-29(39(43)35(25-31)45-33-17-11-9-12-18-33)27-47-37-21-15-7-8-16-22-38(37)48-28-30-24-32(42(4,5)6)26-36(40(30)44)46-34-19-13-10-14-20-34;2*1-7-5-3-2-4-6-7;/h9-14,17-20,23-26,37-38,43-44H,7-8,15-16,21-22,27-28H2,1-6H3;2*2-6H,1H2;/q;2*-1;/t37-,38?;;;/m0.../s1. The molecule has 1 heterocycles. The van der Waals surface area contributed by atoms with Crippen molar-refractivity contribution in [3.8, 4) is 34.5 Å². The van der Waals surface area contributed by atoms with Gasteiger partial charge in [0.05, 0.1) is 0 Å². The van der Waals surface area contributed by atoms with E-state index in [0.29, 0.717) is 33.5 Å². The molecule has 6 aromatic carbocycles. The van der Waals surface area contributed by atoms with E-state index in [0.717, 1.165) is 45.3 Å². The SMILES string of the molecule is CC(C)(C)c1cc(C[S]2=[Ti]=[S@@](Cc3cc(C(C)(C)C)cc(Oc4ccccc4)c3O)C3CCCCCC[C@@H]32)c(O)c(Oc2ccccc2)c1.[CH2-]c1ccccc1.[CH2-]c1ccccc1. The molecule has 1 aliphatic carbocycles. The molecule has 1 aliphatic heterocycles. The third-order valence-electron chi connectivity index (χ3n) is 11.4. The number of aromatic hydroxyl groups is 2. The van der Waals surface area contributed by atoms with Gasteiger partial charge in [-0.1, -0.05) is 12.1 Å². The number of hydrogen-bond donors (Lipinski definition) is 2. The first-order valence-corrected chi connectivity index (χ1v) is 29.0. The van der Waals surface area contributed by atoms with Crippen LogP contribution in [0.2, 0.25) is 0 Å². The summed E-state index contributed by atoms with van der Waals surface area (Å²) in [4.78, 5) is 0. The summed E-state index contributed by atoms with van der Waals surface area (Å²) in [6, 6.07) is 47.9. The number of fused-ring (bicyclic) bond motifs is 1. The van der Waals surface area contributed by atoms with E-state index in [2.05, 4.69) is 67.5 Å². The Balaban J connectivity index is 0.000000399. The minimum Gasteiger partial charge on any atom is -0.199 e. The van der Waals surface area contributed by atoms with E-state index in [1.807, 2.05) is 133 Å². The minimum atomic E-state index is -0.369. The number of para-hydroxylation sites is 2. The van der Waals surface area contributed by atoms with Crippen molar-refractivity contribution >= 4 is 15.9 Å². The number of phenols is 2. The average molecular weight is 915 g/mol. The molecule has 6 aromatic rings. The molecule has 4 atom stereocenters. The summed E-state index contributed by atoms with van der Waals surface area (Å²) in [5.74, 6) is 5.01. The third kappa shape index (κ3) is 14.1. The Morgan fingerprint density at radius 1 is 0.508 bits per heavy atom. The maximum absolute atomic E-state index is 11.7. The van der Waals surface area contributed by atoms with Crippen LogP contribution in [0.25, 0.3) is 0 Å². The molecule has 0 bridgehead atoms. The van der Waals surface area contributed by atoms with E-state index in [-0.39, 0.29) is 42.2 Å². The predicted octanol–water partition coefficient (Wildman–Crippen LogP) is 16.3. The number of rotatable bonds is 8. The van der Waals surface area contributed by atoms with Gasteiger partial charge in [0, 0.05) is 0 Å². The maximum Gasteiger partial charge on any atom is -0.0866 e. The van der Waals surface area contributed by atoms with Gasteiger partial charge in [0.1, 0.15) is 0 Å². The van der Waals surface area contributed by atoms with E-state index in [4.69, 9.17) is 9.47 Å². The monoisotopic (exact) mass is 914 g/mol. The molecule has 2 aliphatic rings. The minimum absolute atomic E-state index is 0.0749. The van der Waals surface area contributed by atoms with Crippen LogP contribution >= 0.6 is 15.9 Å². The summed E-state index contributed by atoms with van der Waals surface area (Å²) in [6.07, 6.45) is 7.80. The normalized spacial score (nSPS) is 18.3. The van der Waals surface area contributed by atoms with Crippen molar-refractivity contribution in [3.63, 3.8) is 0 Å². The Hall–Kier alpha value is -4.33. The number of ether oxygens (including phenoxy) is 2. The summed E-state index contributed by atoms with van der Waals surface area (Å²) < 4.78 is 12.6. The van der Waals surface area contributed by atoms with Crippen molar-refractivity contribution in [2.24, 2.45) is 0 Å². The Bertz CT molecular complexity index is 2280. The molecule has 7 heteroatoms. The van der Waals surface area contributed by atoms with E-state index in [9.17, 15) is 10.2 Å². The van der Waals surface area contributed by atoms with Crippen LogP contribution in [0.3, 0.4) is 0 Å². The Kier molecular flexibility index (Phi) is 17.2. The second-order valence-electron chi connectivity index (χ2n) is 18.6. The molecule has 2 unspecified atom stereocenters. The van der Waals surface area contributed by atoms with Crippen LogP contribution in [0.1, 0.15) is 113 Å². The second kappa shape index (κ2) is 22.5. The smallest absolute Gasteiger partial charge is 0.0866 e. The van der Waals surface area contributed by atoms with Crippen molar-refractivity contribution in [3.05, 3.63) is 193 Å². The van der Waals surface area contributed by atoms with E-state index in [1.54, 1.807) is 0 Å². The summed E-state index contributed by atoms with van der Waals surface area (Å²) in [6.45, 7) is 20.8. The molecule has 0 amide bonds. The number of benzene rings is 6. The Morgan fingerprint density at radius 3 is 1.14 bits per heavy atom. The first-order chi connectivity index (χ1) is 30.2. The quantitative estimate of drug-likeness (QED) is 0.118. The largest absolute Gasteiger partial charge is 0.199 e. The van der Waals surface area contributed by atoms with Crippen molar-refractivity contribution in [1.82, 2.24) is 0 Å². The van der Waals surface area contributed by atoms with Crippen molar-refractivity contribution in [2.45, 2.75) is 113 Å². The summed E-state index contributed by atoms with van der Waals surface area (Å²) in [5.41, 5.74) is 6.45. The van der Waals surface area contributed by atoms with Crippen molar-refractivity contribution < 1.29 is 35.1 Å². The Labute approximate surface area is 388 Å². The van der Waals surface area contributed by atoms with Gasteiger partial charge in [0.2, 0.25) is 0 Å². The van der Waals surface area contributed by atoms with E-state index in [1.165, 1.54) is 49.7 Å². The molecule has 0 saturated heterocycles. The van der Waals surface area contributed by atoms with Gasteiger partial charge in [-0.15, -0.1) is 24.3 Å². The first kappa shape index (κ1) is 48.1. The number of hydrogen-bond acceptors (Lipinski definition) is 4. The predicted molar refractivity (Wildman–Crippen MR) is 266 cm³/mol. The molecule has 0 spiro atoms. The zero-order chi connectivity index (χ0) is 45.0. The van der Waals surface area contributed by atoms with Gasteiger partial charge in [-0.2, -0.15) is 49.2 Å². The van der Waals surface area contributed by atoms with Gasteiger partial charge >= 0.3 is 306 Å². The van der Waals surface area contributed by atoms with Crippen LogP contribution in [-0.2, 0) is 37.8 Å². The van der Waals surface area contributed by atoms with Crippen molar-refractivity contribution in [1.29, 1.82) is 0 Å². The van der Waals surface area contributed by atoms with Crippen LogP contribution in [0.4, 0.5) is 0 Å². The van der Waals surface area contributed by atoms with Crippen LogP contribution < -0.4 is 9.47 Å². The summed E-state index contributed by atoms with van der Waals surface area (Å²) >= 11 is -0.369. The third-order valence-corrected chi connectivity index (χ3v) is 27.3. The molecule has 8 rings (SSSR count). The molecule has 0 aromatic heterocycles. The summed E-state index contributed by atoms with van der Waals surface area (Å²) in [7, 11) is 0.451. The maximum atomic E-state index is 11.7. The molecule has 4 nitrogen and oxygen atoms in total. The fraction of sp³-hybridized carbons (Fsp3) is 0.321. The first-order valence-electron chi connectivity index (χ1n) is 22.2. The van der Waals surface area contributed by atoms with E-state index >= 15 is 0 Å². The van der Waals surface area contributed by atoms with E-state index < -0.39 is 0 Å². The summed E-state index contributed by atoms with van der Waals surface area (Å²) in [5, 5.41) is 24.9. The zero-order valence-corrected chi connectivity index (χ0v) is 41.3. The fourth-order valence-corrected chi connectivity index (χ4v) is 28.5. The molecule has 332 valence electrons.